The molecule has 0 unspecified atom stereocenters. The largest absolute Gasteiger partial charge is 0.372 e. The Kier molecular flexibility index (Phi) is 5.99. The molecule has 4 nitrogen and oxygen atoms in total. The van der Waals surface area contributed by atoms with Crippen LogP contribution in [0.2, 0.25) is 10.0 Å². The Morgan fingerprint density at radius 3 is 2.39 bits per heavy atom. The lowest BCUT2D eigenvalue weighted by atomic mass is 10.3. The summed E-state index contributed by atoms with van der Waals surface area (Å²) in [6.45, 7) is 1.93. The van der Waals surface area contributed by atoms with Crippen LogP contribution in [0.4, 0.5) is 11.6 Å². The van der Waals surface area contributed by atoms with E-state index in [9.17, 15) is 0 Å². The number of aromatic nitrogens is 1. The molecular formula is C12H20Cl2N4. The highest BCUT2D eigenvalue weighted by atomic mass is 35.5. The van der Waals surface area contributed by atoms with Crippen LogP contribution >= 0.6 is 23.2 Å². The molecule has 0 saturated carbocycles. The summed E-state index contributed by atoms with van der Waals surface area (Å²) in [5.41, 5.74) is 0. The molecule has 6 heteroatoms. The lowest BCUT2D eigenvalue weighted by Crippen LogP contribution is -2.24. The quantitative estimate of drug-likeness (QED) is 0.873. The molecule has 0 radical (unpaired) electrons. The molecule has 0 spiro atoms. The molecule has 0 aromatic carbocycles. The smallest absolute Gasteiger partial charge is 0.149 e. The lowest BCUT2D eigenvalue weighted by molar-refractivity contribution is 0.401. The molecule has 0 amide bonds. The van der Waals surface area contributed by atoms with Crippen molar-refractivity contribution in [1.29, 1.82) is 0 Å². The lowest BCUT2D eigenvalue weighted by Gasteiger charge is -2.21. The van der Waals surface area contributed by atoms with Crippen molar-refractivity contribution in [3.05, 3.63) is 16.1 Å². The minimum absolute atomic E-state index is 0.535. The Hall–Kier alpha value is -0.710. The summed E-state index contributed by atoms with van der Waals surface area (Å²) in [6, 6.07) is 1.72. The monoisotopic (exact) mass is 290 g/mol. The van der Waals surface area contributed by atoms with E-state index in [1.54, 1.807) is 13.1 Å². The SMILES string of the molecule is CNc1nc(N(C)CCCN(C)C)c(Cl)cc1Cl. The van der Waals surface area contributed by atoms with E-state index in [0.717, 1.165) is 25.3 Å². The van der Waals surface area contributed by atoms with Gasteiger partial charge in [-0.3, -0.25) is 0 Å². The Balaban J connectivity index is 2.75. The first kappa shape index (κ1) is 15.3. The number of hydrogen-bond acceptors (Lipinski definition) is 4. The van der Waals surface area contributed by atoms with Crippen molar-refractivity contribution in [2.45, 2.75) is 6.42 Å². The summed E-state index contributed by atoms with van der Waals surface area (Å²) in [5, 5.41) is 4.07. The van der Waals surface area contributed by atoms with E-state index in [0.29, 0.717) is 15.9 Å². The van der Waals surface area contributed by atoms with Crippen molar-refractivity contribution < 1.29 is 0 Å². The molecule has 0 aliphatic heterocycles. The number of hydrogen-bond donors (Lipinski definition) is 1. The van der Waals surface area contributed by atoms with Crippen molar-refractivity contribution in [2.24, 2.45) is 0 Å². The average Bonchev–Trinajstić information content (AvgIpc) is 2.28. The molecule has 0 saturated heterocycles. The number of anilines is 2. The zero-order chi connectivity index (χ0) is 13.7. The second-order valence-electron chi connectivity index (χ2n) is 4.45. The molecule has 102 valence electrons. The minimum atomic E-state index is 0.535. The molecule has 0 aliphatic rings. The number of halogens is 2. The molecule has 1 N–H and O–H groups in total. The van der Waals surface area contributed by atoms with Crippen LogP contribution in [0.1, 0.15) is 6.42 Å². The number of nitrogens with one attached hydrogen (secondary N) is 1. The third kappa shape index (κ3) is 4.19. The summed E-state index contributed by atoms with van der Waals surface area (Å²) >= 11 is 12.2. The van der Waals surface area contributed by atoms with Gasteiger partial charge >= 0.3 is 0 Å². The summed E-state index contributed by atoms with van der Waals surface area (Å²) in [7, 11) is 7.90. The normalized spacial score (nSPS) is 10.8. The third-order valence-corrected chi connectivity index (χ3v) is 3.17. The van der Waals surface area contributed by atoms with E-state index in [1.807, 2.05) is 11.9 Å². The first-order chi connectivity index (χ1) is 8.45. The van der Waals surface area contributed by atoms with Crippen LogP contribution in [0.15, 0.2) is 6.07 Å². The van der Waals surface area contributed by atoms with E-state index in [2.05, 4.69) is 29.3 Å². The molecule has 18 heavy (non-hydrogen) atoms. The Labute approximate surface area is 119 Å². The molecule has 1 heterocycles. The van der Waals surface area contributed by atoms with E-state index in [-0.39, 0.29) is 0 Å². The van der Waals surface area contributed by atoms with Gasteiger partial charge in [-0.2, -0.15) is 0 Å². The van der Waals surface area contributed by atoms with Crippen molar-refractivity contribution in [3.8, 4) is 0 Å². The maximum Gasteiger partial charge on any atom is 0.149 e. The summed E-state index contributed by atoms with van der Waals surface area (Å²) < 4.78 is 0. The van der Waals surface area contributed by atoms with Gasteiger partial charge in [-0.15, -0.1) is 0 Å². The van der Waals surface area contributed by atoms with Crippen LogP contribution < -0.4 is 10.2 Å². The molecule has 1 rings (SSSR count). The van der Waals surface area contributed by atoms with Gasteiger partial charge in [-0.25, -0.2) is 4.98 Å². The van der Waals surface area contributed by atoms with Gasteiger partial charge in [0.1, 0.15) is 11.6 Å². The number of pyridine rings is 1. The minimum Gasteiger partial charge on any atom is -0.372 e. The van der Waals surface area contributed by atoms with Crippen LogP contribution in [-0.2, 0) is 0 Å². The molecule has 1 aromatic heterocycles. The van der Waals surface area contributed by atoms with Gasteiger partial charge in [0, 0.05) is 20.6 Å². The molecule has 0 bridgehead atoms. The van der Waals surface area contributed by atoms with Crippen LogP contribution in [-0.4, -0.2) is 51.2 Å². The van der Waals surface area contributed by atoms with Crippen LogP contribution in [0.3, 0.4) is 0 Å². The Bertz CT molecular complexity index is 396. The van der Waals surface area contributed by atoms with Gasteiger partial charge in [-0.1, -0.05) is 23.2 Å². The predicted octanol–water partition coefficient (Wildman–Crippen LogP) is 2.82. The van der Waals surface area contributed by atoms with E-state index >= 15 is 0 Å². The predicted molar refractivity (Wildman–Crippen MR) is 80.2 cm³/mol. The van der Waals surface area contributed by atoms with Gasteiger partial charge in [0.15, 0.2) is 0 Å². The first-order valence-electron chi connectivity index (χ1n) is 5.85. The summed E-state index contributed by atoms with van der Waals surface area (Å²) in [4.78, 5) is 8.63. The Morgan fingerprint density at radius 2 is 1.83 bits per heavy atom. The molecular weight excluding hydrogens is 271 g/mol. The van der Waals surface area contributed by atoms with Crippen molar-refractivity contribution in [2.75, 3.05) is 51.5 Å². The summed E-state index contributed by atoms with van der Waals surface area (Å²) in [5.74, 6) is 1.40. The van der Waals surface area contributed by atoms with Gasteiger partial charge in [-0.05, 0) is 33.1 Å². The zero-order valence-corrected chi connectivity index (χ0v) is 12.8. The van der Waals surface area contributed by atoms with Crippen LogP contribution in [0, 0.1) is 0 Å². The third-order valence-electron chi connectivity index (χ3n) is 2.61. The van der Waals surface area contributed by atoms with Crippen molar-refractivity contribution in [1.82, 2.24) is 9.88 Å². The van der Waals surface area contributed by atoms with Crippen LogP contribution in [0.5, 0.6) is 0 Å². The maximum atomic E-state index is 6.17. The van der Waals surface area contributed by atoms with Gasteiger partial charge in [0.2, 0.25) is 0 Å². The van der Waals surface area contributed by atoms with Crippen LogP contribution in [0.25, 0.3) is 0 Å². The highest BCUT2D eigenvalue weighted by Gasteiger charge is 2.12. The second-order valence-corrected chi connectivity index (χ2v) is 5.27. The van der Waals surface area contributed by atoms with Crippen molar-refractivity contribution >= 4 is 34.8 Å². The number of nitrogens with zero attached hydrogens (tertiary/aromatic N) is 3. The van der Waals surface area contributed by atoms with E-state index in [4.69, 9.17) is 23.2 Å². The second kappa shape index (κ2) is 7.02. The standard InChI is InChI=1S/C12H20Cl2N4/c1-15-11-9(13)8-10(14)12(16-11)18(4)7-5-6-17(2)3/h8H,5-7H2,1-4H3,(H,15,16). The fraction of sp³-hybridized carbons (Fsp3) is 0.583. The summed E-state index contributed by atoms with van der Waals surface area (Å²) in [6.07, 6.45) is 1.05. The molecule has 0 atom stereocenters. The molecule has 1 aromatic rings. The van der Waals surface area contributed by atoms with E-state index in [1.165, 1.54) is 0 Å². The average molecular weight is 291 g/mol. The number of rotatable bonds is 6. The molecule has 0 aliphatic carbocycles. The van der Waals surface area contributed by atoms with Gasteiger partial charge in [0.25, 0.3) is 0 Å². The van der Waals surface area contributed by atoms with Crippen molar-refractivity contribution in [3.63, 3.8) is 0 Å². The van der Waals surface area contributed by atoms with Gasteiger partial charge in [0.05, 0.1) is 10.0 Å². The maximum absolute atomic E-state index is 6.17. The first-order valence-corrected chi connectivity index (χ1v) is 6.61. The highest BCUT2D eigenvalue weighted by molar-refractivity contribution is 6.37. The Morgan fingerprint density at radius 1 is 1.17 bits per heavy atom. The fourth-order valence-electron chi connectivity index (χ4n) is 1.63. The van der Waals surface area contributed by atoms with Gasteiger partial charge < -0.3 is 15.1 Å². The topological polar surface area (TPSA) is 31.4 Å². The highest BCUT2D eigenvalue weighted by Crippen LogP contribution is 2.30. The fourth-order valence-corrected chi connectivity index (χ4v) is 2.23. The zero-order valence-electron chi connectivity index (χ0n) is 11.3. The van der Waals surface area contributed by atoms with E-state index < -0.39 is 0 Å². The molecule has 0 fully saturated rings.